The molecular formula is C10H9BrO3. The predicted molar refractivity (Wildman–Crippen MR) is 57.0 cm³/mol. The van der Waals surface area contributed by atoms with Gasteiger partial charge in [-0.15, -0.1) is 0 Å². The number of hydrogen-bond acceptors (Lipinski definition) is 2. The van der Waals surface area contributed by atoms with Gasteiger partial charge in [-0.2, -0.15) is 0 Å². The Labute approximate surface area is 90.1 Å². The lowest BCUT2D eigenvalue weighted by Gasteiger charge is -2.07. The predicted octanol–water partition coefficient (Wildman–Crippen LogP) is 2.67. The summed E-state index contributed by atoms with van der Waals surface area (Å²) in [5.41, 5.74) is 0.154. The molecule has 0 aliphatic carbocycles. The highest BCUT2D eigenvalue weighted by atomic mass is 79.9. The van der Waals surface area contributed by atoms with E-state index in [0.29, 0.717) is 10.2 Å². The third-order valence-corrected chi connectivity index (χ3v) is 1.73. The van der Waals surface area contributed by atoms with Crippen LogP contribution in [0.2, 0.25) is 0 Å². The molecule has 0 aliphatic heterocycles. The van der Waals surface area contributed by atoms with Crippen LogP contribution in [0, 0.1) is 0 Å². The van der Waals surface area contributed by atoms with Crippen molar-refractivity contribution in [2.75, 3.05) is 6.61 Å². The fourth-order valence-corrected chi connectivity index (χ4v) is 1.04. The van der Waals surface area contributed by atoms with Gasteiger partial charge >= 0.3 is 5.97 Å². The molecule has 0 amide bonds. The van der Waals surface area contributed by atoms with Crippen molar-refractivity contribution < 1.29 is 14.6 Å². The number of carboxylic acids is 1. The largest absolute Gasteiger partial charge is 0.487 e. The van der Waals surface area contributed by atoms with Crippen molar-refractivity contribution in [3.05, 3.63) is 40.9 Å². The van der Waals surface area contributed by atoms with Crippen LogP contribution in [0.15, 0.2) is 35.3 Å². The molecule has 14 heavy (non-hydrogen) atoms. The molecule has 0 saturated heterocycles. The van der Waals surface area contributed by atoms with Crippen LogP contribution in [0.1, 0.15) is 10.4 Å². The number of benzene rings is 1. The lowest BCUT2D eigenvalue weighted by Crippen LogP contribution is -2.03. The molecule has 0 heterocycles. The van der Waals surface area contributed by atoms with Crippen LogP contribution in [0.3, 0.4) is 0 Å². The Kier molecular flexibility index (Phi) is 3.71. The first-order valence-electron chi connectivity index (χ1n) is 3.89. The Hall–Kier alpha value is -1.29. The van der Waals surface area contributed by atoms with Crippen molar-refractivity contribution in [1.29, 1.82) is 0 Å². The summed E-state index contributed by atoms with van der Waals surface area (Å²) in [6, 6.07) is 6.48. The minimum Gasteiger partial charge on any atom is -0.487 e. The second-order valence-electron chi connectivity index (χ2n) is 2.61. The fourth-order valence-electron chi connectivity index (χ4n) is 0.925. The molecule has 1 rings (SSSR count). The highest BCUT2D eigenvalue weighted by Gasteiger charge is 2.09. The fraction of sp³-hybridized carbons (Fsp3) is 0.100. The van der Waals surface area contributed by atoms with Crippen molar-refractivity contribution in [3.8, 4) is 5.75 Å². The summed E-state index contributed by atoms with van der Waals surface area (Å²) in [6.45, 7) is 3.84. The third kappa shape index (κ3) is 2.88. The van der Waals surface area contributed by atoms with Gasteiger partial charge in [-0.1, -0.05) is 34.6 Å². The number of hydrogen-bond donors (Lipinski definition) is 1. The van der Waals surface area contributed by atoms with Crippen molar-refractivity contribution in [1.82, 2.24) is 0 Å². The minimum absolute atomic E-state index is 0.154. The highest BCUT2D eigenvalue weighted by molar-refractivity contribution is 9.11. The third-order valence-electron chi connectivity index (χ3n) is 1.50. The van der Waals surface area contributed by atoms with E-state index in [-0.39, 0.29) is 12.2 Å². The van der Waals surface area contributed by atoms with Gasteiger partial charge in [-0.05, 0) is 12.1 Å². The lowest BCUT2D eigenvalue weighted by atomic mass is 10.2. The molecule has 1 N–H and O–H groups in total. The Morgan fingerprint density at radius 2 is 2.14 bits per heavy atom. The van der Waals surface area contributed by atoms with Crippen LogP contribution in [-0.4, -0.2) is 17.7 Å². The van der Waals surface area contributed by atoms with E-state index in [1.165, 1.54) is 6.07 Å². The molecule has 0 radical (unpaired) electrons. The number of para-hydroxylation sites is 1. The number of aromatic carboxylic acids is 1. The Bertz CT molecular complexity index is 360. The van der Waals surface area contributed by atoms with E-state index in [4.69, 9.17) is 9.84 Å². The van der Waals surface area contributed by atoms with E-state index in [2.05, 4.69) is 22.5 Å². The first kappa shape index (κ1) is 10.8. The van der Waals surface area contributed by atoms with E-state index in [9.17, 15) is 4.79 Å². The molecule has 0 atom stereocenters. The first-order valence-corrected chi connectivity index (χ1v) is 4.69. The lowest BCUT2D eigenvalue weighted by molar-refractivity contribution is 0.0693. The van der Waals surface area contributed by atoms with E-state index >= 15 is 0 Å². The van der Waals surface area contributed by atoms with E-state index in [0.717, 1.165) is 0 Å². The monoisotopic (exact) mass is 256 g/mol. The van der Waals surface area contributed by atoms with Crippen LogP contribution in [0.4, 0.5) is 0 Å². The molecule has 0 saturated carbocycles. The molecule has 1 aromatic rings. The Morgan fingerprint density at radius 1 is 1.50 bits per heavy atom. The summed E-state index contributed by atoms with van der Waals surface area (Å²) in [5, 5.41) is 8.82. The van der Waals surface area contributed by atoms with Crippen molar-refractivity contribution in [2.24, 2.45) is 0 Å². The number of rotatable bonds is 4. The van der Waals surface area contributed by atoms with Crippen LogP contribution >= 0.6 is 15.9 Å². The quantitative estimate of drug-likeness (QED) is 0.901. The second kappa shape index (κ2) is 4.81. The number of ether oxygens (including phenoxy) is 1. The first-order chi connectivity index (χ1) is 6.61. The molecule has 74 valence electrons. The average molecular weight is 257 g/mol. The standard InChI is InChI=1S/C10H9BrO3/c1-7(11)6-14-9-5-3-2-4-8(9)10(12)13/h2-5H,1,6H2,(H,12,13). The summed E-state index contributed by atoms with van der Waals surface area (Å²) in [6.07, 6.45) is 0. The summed E-state index contributed by atoms with van der Waals surface area (Å²) >= 11 is 3.13. The zero-order valence-corrected chi connectivity index (χ0v) is 8.95. The molecule has 0 aliphatic rings. The molecule has 1 aromatic carbocycles. The van der Waals surface area contributed by atoms with Crippen LogP contribution in [0.5, 0.6) is 5.75 Å². The summed E-state index contributed by atoms with van der Waals surface area (Å²) < 4.78 is 5.90. The van der Waals surface area contributed by atoms with E-state index < -0.39 is 5.97 Å². The number of carbonyl (C=O) groups is 1. The smallest absolute Gasteiger partial charge is 0.339 e. The molecule has 3 nitrogen and oxygen atoms in total. The average Bonchev–Trinajstić information content (AvgIpc) is 2.15. The van der Waals surface area contributed by atoms with Gasteiger partial charge in [0.2, 0.25) is 0 Å². The van der Waals surface area contributed by atoms with Gasteiger partial charge in [0.05, 0.1) is 0 Å². The SMILES string of the molecule is C=C(Br)COc1ccccc1C(=O)O. The number of halogens is 1. The molecule has 0 spiro atoms. The maximum atomic E-state index is 10.8. The Morgan fingerprint density at radius 3 is 2.71 bits per heavy atom. The van der Waals surface area contributed by atoms with E-state index in [1.807, 2.05) is 0 Å². The molecular weight excluding hydrogens is 248 g/mol. The second-order valence-corrected chi connectivity index (χ2v) is 3.73. The van der Waals surface area contributed by atoms with Gasteiger partial charge in [0.25, 0.3) is 0 Å². The van der Waals surface area contributed by atoms with Crippen LogP contribution in [0.25, 0.3) is 0 Å². The van der Waals surface area contributed by atoms with Crippen molar-refractivity contribution in [2.45, 2.75) is 0 Å². The van der Waals surface area contributed by atoms with Crippen molar-refractivity contribution in [3.63, 3.8) is 0 Å². The van der Waals surface area contributed by atoms with E-state index in [1.54, 1.807) is 18.2 Å². The van der Waals surface area contributed by atoms with Crippen molar-refractivity contribution >= 4 is 21.9 Å². The molecule has 0 aromatic heterocycles. The maximum absolute atomic E-state index is 10.8. The molecule has 0 fully saturated rings. The molecule has 0 bridgehead atoms. The highest BCUT2D eigenvalue weighted by Crippen LogP contribution is 2.18. The zero-order chi connectivity index (χ0) is 10.6. The molecule has 4 heteroatoms. The van der Waals surface area contributed by atoms with Crippen LogP contribution in [-0.2, 0) is 0 Å². The van der Waals surface area contributed by atoms with Gasteiger partial charge in [-0.25, -0.2) is 4.79 Å². The minimum atomic E-state index is -0.999. The zero-order valence-electron chi connectivity index (χ0n) is 7.37. The normalized spacial score (nSPS) is 9.50. The molecule has 0 unspecified atom stereocenters. The van der Waals surface area contributed by atoms with Gasteiger partial charge in [0.1, 0.15) is 17.9 Å². The summed E-state index contributed by atoms with van der Waals surface area (Å²) in [7, 11) is 0. The maximum Gasteiger partial charge on any atom is 0.339 e. The van der Waals surface area contributed by atoms with Gasteiger partial charge < -0.3 is 9.84 Å². The van der Waals surface area contributed by atoms with Gasteiger partial charge in [-0.3, -0.25) is 0 Å². The number of carboxylic acid groups (broad SMARTS) is 1. The summed E-state index contributed by atoms with van der Waals surface area (Å²) in [5.74, 6) is -0.651. The Balaban J connectivity index is 2.84. The van der Waals surface area contributed by atoms with Gasteiger partial charge in [0, 0.05) is 4.48 Å². The van der Waals surface area contributed by atoms with Gasteiger partial charge in [0.15, 0.2) is 0 Å². The topological polar surface area (TPSA) is 46.5 Å². The van der Waals surface area contributed by atoms with Crippen LogP contribution < -0.4 is 4.74 Å². The summed E-state index contributed by atoms with van der Waals surface area (Å²) in [4.78, 5) is 10.8.